The molecule has 0 radical (unpaired) electrons. The van der Waals surface area contributed by atoms with Gasteiger partial charge in [-0.1, -0.05) is 0 Å². The molecule has 8 heteroatoms. The first kappa shape index (κ1) is 19.7. The lowest BCUT2D eigenvalue weighted by atomic mass is 10.1. The number of ether oxygens (including phenoxy) is 2. The first-order valence-electron chi connectivity index (χ1n) is 9.43. The minimum absolute atomic E-state index is 0.104. The summed E-state index contributed by atoms with van der Waals surface area (Å²) < 4.78 is 10.6. The van der Waals surface area contributed by atoms with Gasteiger partial charge in [-0.2, -0.15) is 4.98 Å². The van der Waals surface area contributed by atoms with Gasteiger partial charge in [0.2, 0.25) is 5.95 Å². The summed E-state index contributed by atoms with van der Waals surface area (Å²) in [5.41, 5.74) is 0.564. The minimum Gasteiger partial charge on any atom is -0.497 e. The largest absolute Gasteiger partial charge is 0.497 e. The fraction of sp³-hybridized carbons (Fsp3) is 0.450. The first-order chi connectivity index (χ1) is 13.6. The Bertz CT molecular complexity index is 789. The lowest BCUT2D eigenvalue weighted by Crippen LogP contribution is -2.31. The predicted octanol–water partition coefficient (Wildman–Crippen LogP) is 2.56. The zero-order valence-corrected chi connectivity index (χ0v) is 16.6. The van der Waals surface area contributed by atoms with Gasteiger partial charge < -0.3 is 24.6 Å². The fourth-order valence-corrected chi connectivity index (χ4v) is 3.05. The summed E-state index contributed by atoms with van der Waals surface area (Å²) in [4.78, 5) is 25.5. The first-order valence-corrected chi connectivity index (χ1v) is 9.43. The van der Waals surface area contributed by atoms with Crippen LogP contribution >= 0.6 is 0 Å². The summed E-state index contributed by atoms with van der Waals surface area (Å²) in [7, 11) is 5.39. The molecule has 1 N–H and O–H groups in total. The zero-order valence-electron chi connectivity index (χ0n) is 16.6. The number of methoxy groups -OCH3 is 1. The molecule has 1 fully saturated rings. The Morgan fingerprint density at radius 3 is 2.46 bits per heavy atom. The summed E-state index contributed by atoms with van der Waals surface area (Å²) >= 11 is 0. The van der Waals surface area contributed by atoms with Gasteiger partial charge in [0.25, 0.3) is 5.91 Å². The Hall–Kier alpha value is -3.03. The normalized spacial score (nSPS) is 13.8. The molecule has 0 bridgehead atoms. The zero-order chi connectivity index (χ0) is 19.9. The van der Waals surface area contributed by atoms with Crippen molar-refractivity contribution in [2.45, 2.75) is 19.3 Å². The highest BCUT2D eigenvalue weighted by molar-refractivity contribution is 5.94. The number of piperidine rings is 1. The maximum atomic E-state index is 12.3. The molecule has 150 valence electrons. The topological polar surface area (TPSA) is 79.8 Å². The number of rotatable bonds is 7. The van der Waals surface area contributed by atoms with E-state index in [9.17, 15) is 4.79 Å². The summed E-state index contributed by atoms with van der Waals surface area (Å²) in [6, 6.07) is 7.08. The number of aromatic nitrogens is 2. The van der Waals surface area contributed by atoms with E-state index in [4.69, 9.17) is 9.47 Å². The van der Waals surface area contributed by atoms with Crippen LogP contribution in [0.1, 0.15) is 19.3 Å². The second-order valence-electron chi connectivity index (χ2n) is 6.86. The molecule has 1 saturated heterocycles. The molecular weight excluding hydrogens is 358 g/mol. The maximum absolute atomic E-state index is 12.3. The smallest absolute Gasteiger partial charge is 0.262 e. The van der Waals surface area contributed by atoms with Crippen molar-refractivity contribution in [3.63, 3.8) is 0 Å². The van der Waals surface area contributed by atoms with Crippen LogP contribution in [0.25, 0.3) is 0 Å². The van der Waals surface area contributed by atoms with Crippen molar-refractivity contribution in [1.82, 2.24) is 9.97 Å². The SMILES string of the molecule is COc1ccc(OCC(=O)Nc2cnc(N3CCCCC3)nc2N(C)C)cc1. The molecule has 0 atom stereocenters. The molecule has 2 aromatic rings. The number of carbonyl (C=O) groups excluding carboxylic acids is 1. The van der Waals surface area contributed by atoms with Crippen molar-refractivity contribution in [2.75, 3.05) is 56.0 Å². The Labute approximate surface area is 165 Å². The quantitative estimate of drug-likeness (QED) is 0.784. The average Bonchev–Trinajstić information content (AvgIpc) is 2.73. The van der Waals surface area contributed by atoms with Gasteiger partial charge in [0, 0.05) is 27.2 Å². The Morgan fingerprint density at radius 2 is 1.82 bits per heavy atom. The summed E-state index contributed by atoms with van der Waals surface area (Å²) in [6.07, 6.45) is 5.22. The molecule has 2 heterocycles. The number of anilines is 3. The van der Waals surface area contributed by atoms with E-state index >= 15 is 0 Å². The van der Waals surface area contributed by atoms with E-state index in [1.54, 1.807) is 37.6 Å². The molecule has 8 nitrogen and oxygen atoms in total. The van der Waals surface area contributed by atoms with Crippen LogP contribution in [-0.2, 0) is 4.79 Å². The van der Waals surface area contributed by atoms with Crippen molar-refractivity contribution >= 4 is 23.4 Å². The Morgan fingerprint density at radius 1 is 1.14 bits per heavy atom. The monoisotopic (exact) mass is 385 g/mol. The number of carbonyl (C=O) groups is 1. The number of hydrogen-bond donors (Lipinski definition) is 1. The molecule has 28 heavy (non-hydrogen) atoms. The third kappa shape index (κ3) is 5.03. The van der Waals surface area contributed by atoms with Gasteiger partial charge in [0.15, 0.2) is 12.4 Å². The number of amides is 1. The molecule has 0 unspecified atom stereocenters. The van der Waals surface area contributed by atoms with Crippen LogP contribution in [0, 0.1) is 0 Å². The maximum Gasteiger partial charge on any atom is 0.262 e. The highest BCUT2D eigenvalue weighted by Crippen LogP contribution is 2.25. The molecule has 0 aliphatic carbocycles. The Balaban J connectivity index is 1.63. The van der Waals surface area contributed by atoms with Crippen LogP contribution in [0.3, 0.4) is 0 Å². The molecule has 0 spiro atoms. The Kier molecular flexibility index (Phi) is 6.52. The van der Waals surface area contributed by atoms with Gasteiger partial charge in [-0.15, -0.1) is 0 Å². The van der Waals surface area contributed by atoms with Crippen LogP contribution in [-0.4, -0.2) is 56.8 Å². The predicted molar refractivity (Wildman–Crippen MR) is 110 cm³/mol. The van der Waals surface area contributed by atoms with E-state index < -0.39 is 0 Å². The molecule has 0 saturated carbocycles. The van der Waals surface area contributed by atoms with Crippen LogP contribution < -0.4 is 24.6 Å². The second kappa shape index (κ2) is 9.25. The van der Waals surface area contributed by atoms with Crippen molar-refractivity contribution in [1.29, 1.82) is 0 Å². The molecule has 1 aliphatic heterocycles. The molecule has 1 aromatic carbocycles. The fourth-order valence-electron chi connectivity index (χ4n) is 3.05. The van der Waals surface area contributed by atoms with Crippen molar-refractivity contribution in [3.05, 3.63) is 30.5 Å². The number of nitrogens with zero attached hydrogens (tertiary/aromatic N) is 4. The van der Waals surface area contributed by atoms with Gasteiger partial charge >= 0.3 is 0 Å². The molecular formula is C20H27N5O3. The molecule has 3 rings (SSSR count). The van der Waals surface area contributed by atoms with Crippen LogP contribution in [0.2, 0.25) is 0 Å². The highest BCUT2D eigenvalue weighted by Gasteiger charge is 2.18. The van der Waals surface area contributed by atoms with Gasteiger partial charge in [-0.05, 0) is 43.5 Å². The van der Waals surface area contributed by atoms with E-state index in [0.29, 0.717) is 23.2 Å². The number of benzene rings is 1. The van der Waals surface area contributed by atoms with Gasteiger partial charge in [0.1, 0.15) is 17.2 Å². The third-order valence-electron chi connectivity index (χ3n) is 4.52. The van der Waals surface area contributed by atoms with E-state index in [1.165, 1.54) is 6.42 Å². The molecule has 1 aromatic heterocycles. The van der Waals surface area contributed by atoms with Crippen molar-refractivity contribution in [2.24, 2.45) is 0 Å². The van der Waals surface area contributed by atoms with Gasteiger partial charge in [-0.3, -0.25) is 4.79 Å². The summed E-state index contributed by atoms with van der Waals surface area (Å²) in [5, 5.41) is 2.84. The third-order valence-corrected chi connectivity index (χ3v) is 4.52. The number of hydrogen-bond acceptors (Lipinski definition) is 7. The van der Waals surface area contributed by atoms with Crippen LogP contribution in [0.5, 0.6) is 11.5 Å². The standard InChI is InChI=1S/C20H27N5O3/c1-24(2)19-17(13-21-20(23-19)25-11-5-4-6-12-25)22-18(26)14-28-16-9-7-15(27-3)8-10-16/h7-10,13H,4-6,11-12,14H2,1-3H3,(H,22,26). The van der Waals surface area contributed by atoms with Crippen molar-refractivity contribution in [3.8, 4) is 11.5 Å². The van der Waals surface area contributed by atoms with Crippen LogP contribution in [0.4, 0.5) is 17.5 Å². The van der Waals surface area contributed by atoms with Gasteiger partial charge in [-0.25, -0.2) is 4.98 Å². The van der Waals surface area contributed by atoms with E-state index in [1.807, 2.05) is 19.0 Å². The van der Waals surface area contributed by atoms with E-state index in [-0.39, 0.29) is 12.5 Å². The van der Waals surface area contributed by atoms with E-state index in [2.05, 4.69) is 20.2 Å². The molecule has 1 aliphatic rings. The van der Waals surface area contributed by atoms with E-state index in [0.717, 1.165) is 31.7 Å². The van der Waals surface area contributed by atoms with Crippen LogP contribution in [0.15, 0.2) is 30.5 Å². The minimum atomic E-state index is -0.270. The van der Waals surface area contributed by atoms with Crippen molar-refractivity contribution < 1.29 is 14.3 Å². The lowest BCUT2D eigenvalue weighted by Gasteiger charge is -2.28. The molecule has 1 amide bonds. The highest BCUT2D eigenvalue weighted by atomic mass is 16.5. The van der Waals surface area contributed by atoms with Gasteiger partial charge in [0.05, 0.1) is 13.3 Å². The average molecular weight is 385 g/mol. The summed E-state index contributed by atoms with van der Waals surface area (Å²) in [5.74, 6) is 2.44. The second-order valence-corrected chi connectivity index (χ2v) is 6.86. The lowest BCUT2D eigenvalue weighted by molar-refractivity contribution is -0.118. The number of nitrogens with one attached hydrogen (secondary N) is 1. The summed E-state index contributed by atoms with van der Waals surface area (Å²) in [6.45, 7) is 1.83.